The number of carboxylic acid groups (broad SMARTS) is 1. The van der Waals surface area contributed by atoms with Crippen molar-refractivity contribution in [3.63, 3.8) is 0 Å². The molecule has 0 saturated carbocycles. The van der Waals surface area contributed by atoms with Crippen LogP contribution in [0, 0.1) is 5.92 Å². The molecule has 0 aromatic rings. The second kappa shape index (κ2) is 4.96. The van der Waals surface area contributed by atoms with Gasteiger partial charge in [-0.05, 0) is 13.8 Å². The summed E-state index contributed by atoms with van der Waals surface area (Å²) in [5.74, 6) is -1.89. The summed E-state index contributed by atoms with van der Waals surface area (Å²) in [6.07, 6.45) is 0.154. The molecule has 2 amide bonds. The summed E-state index contributed by atoms with van der Waals surface area (Å²) in [6.45, 7) is 3.50. The Morgan fingerprint density at radius 3 is 2.56 bits per heavy atom. The molecule has 0 aromatic carbocycles. The number of hydrogen-bond donors (Lipinski definition) is 2. The van der Waals surface area contributed by atoms with Gasteiger partial charge in [-0.15, -0.1) is 0 Å². The van der Waals surface area contributed by atoms with Crippen LogP contribution >= 0.6 is 0 Å². The van der Waals surface area contributed by atoms with Crippen LogP contribution in [-0.2, 0) is 14.4 Å². The van der Waals surface area contributed by atoms with Crippen LogP contribution in [0.15, 0.2) is 0 Å². The van der Waals surface area contributed by atoms with E-state index in [1.165, 1.54) is 4.90 Å². The fourth-order valence-corrected chi connectivity index (χ4v) is 1.67. The predicted molar refractivity (Wildman–Crippen MR) is 55.6 cm³/mol. The van der Waals surface area contributed by atoms with E-state index >= 15 is 0 Å². The van der Waals surface area contributed by atoms with Crippen molar-refractivity contribution >= 4 is 17.8 Å². The van der Waals surface area contributed by atoms with Crippen molar-refractivity contribution < 1.29 is 19.5 Å². The smallest absolute Gasteiger partial charge is 0.323 e. The monoisotopic (exact) mass is 228 g/mol. The molecule has 0 spiro atoms. The summed E-state index contributed by atoms with van der Waals surface area (Å²) >= 11 is 0. The van der Waals surface area contributed by atoms with Crippen LogP contribution in [0.25, 0.3) is 0 Å². The number of nitrogens with zero attached hydrogens (tertiary/aromatic N) is 1. The van der Waals surface area contributed by atoms with Gasteiger partial charge in [0, 0.05) is 19.0 Å². The molecule has 0 radical (unpaired) electrons. The zero-order chi connectivity index (χ0) is 12.3. The van der Waals surface area contributed by atoms with Gasteiger partial charge in [-0.3, -0.25) is 14.4 Å². The zero-order valence-electron chi connectivity index (χ0n) is 9.40. The molecule has 0 aliphatic carbocycles. The highest BCUT2D eigenvalue weighted by Crippen LogP contribution is 2.14. The molecule has 0 bridgehead atoms. The maximum Gasteiger partial charge on any atom is 0.323 e. The third-order valence-corrected chi connectivity index (χ3v) is 2.54. The fraction of sp³-hybridized carbons (Fsp3) is 0.700. The molecule has 1 rings (SSSR count). The number of hydrogen-bond acceptors (Lipinski definition) is 3. The lowest BCUT2D eigenvalue weighted by Gasteiger charge is -2.27. The van der Waals surface area contributed by atoms with E-state index in [2.05, 4.69) is 5.32 Å². The summed E-state index contributed by atoms with van der Waals surface area (Å²) in [6, 6.07) is -0.181. The highest BCUT2D eigenvalue weighted by Gasteiger charge is 2.33. The molecule has 1 atom stereocenters. The molecule has 1 heterocycles. The molecule has 0 aromatic heterocycles. The van der Waals surface area contributed by atoms with E-state index in [9.17, 15) is 14.4 Å². The Labute approximate surface area is 93.6 Å². The lowest BCUT2D eigenvalue weighted by molar-refractivity contribution is -0.147. The minimum atomic E-state index is -1.04. The Kier molecular flexibility index (Phi) is 3.87. The highest BCUT2D eigenvalue weighted by atomic mass is 16.4. The quantitative estimate of drug-likeness (QED) is 0.675. The number of carboxylic acids is 1. The first-order valence-corrected chi connectivity index (χ1v) is 5.20. The van der Waals surface area contributed by atoms with E-state index in [-0.39, 0.29) is 30.8 Å². The van der Waals surface area contributed by atoms with E-state index in [0.717, 1.165) is 0 Å². The minimum absolute atomic E-state index is 0.154. The molecule has 1 aliphatic heterocycles. The van der Waals surface area contributed by atoms with Crippen LogP contribution in [0.4, 0.5) is 0 Å². The Morgan fingerprint density at radius 1 is 1.56 bits per heavy atom. The predicted octanol–water partition coefficient (Wildman–Crippen LogP) is -0.556. The first kappa shape index (κ1) is 12.5. The average molecular weight is 228 g/mol. The van der Waals surface area contributed by atoms with Gasteiger partial charge in [-0.25, -0.2) is 0 Å². The van der Waals surface area contributed by atoms with Gasteiger partial charge in [0.1, 0.15) is 6.54 Å². The van der Waals surface area contributed by atoms with E-state index in [1.54, 1.807) is 13.8 Å². The van der Waals surface area contributed by atoms with E-state index in [4.69, 9.17) is 5.11 Å². The van der Waals surface area contributed by atoms with Crippen LogP contribution < -0.4 is 5.32 Å². The maximum absolute atomic E-state index is 11.9. The first-order chi connectivity index (χ1) is 7.41. The van der Waals surface area contributed by atoms with Gasteiger partial charge in [0.05, 0.1) is 5.92 Å². The first-order valence-electron chi connectivity index (χ1n) is 5.20. The SMILES string of the molecule is CC(C)N(CC(=O)O)C(=O)C1CNC(=O)C1. The maximum atomic E-state index is 11.9. The number of nitrogens with one attached hydrogen (secondary N) is 1. The van der Waals surface area contributed by atoms with Crippen LogP contribution in [0.1, 0.15) is 20.3 Å². The van der Waals surface area contributed by atoms with Crippen molar-refractivity contribution in [1.29, 1.82) is 0 Å². The lowest BCUT2D eigenvalue weighted by atomic mass is 10.1. The number of rotatable bonds is 4. The largest absolute Gasteiger partial charge is 0.480 e. The molecule has 1 unspecified atom stereocenters. The molecule has 16 heavy (non-hydrogen) atoms. The molecular formula is C10H16N2O4. The zero-order valence-corrected chi connectivity index (χ0v) is 9.40. The minimum Gasteiger partial charge on any atom is -0.480 e. The van der Waals surface area contributed by atoms with Crippen molar-refractivity contribution in [3.8, 4) is 0 Å². The van der Waals surface area contributed by atoms with Crippen LogP contribution in [-0.4, -0.2) is 46.9 Å². The average Bonchev–Trinajstić information content (AvgIpc) is 2.59. The summed E-state index contributed by atoms with van der Waals surface area (Å²) in [5, 5.41) is 11.3. The second-order valence-corrected chi connectivity index (χ2v) is 4.16. The van der Waals surface area contributed by atoms with Crippen molar-refractivity contribution in [2.24, 2.45) is 5.92 Å². The van der Waals surface area contributed by atoms with Gasteiger partial charge in [0.2, 0.25) is 11.8 Å². The van der Waals surface area contributed by atoms with Crippen LogP contribution in [0.3, 0.4) is 0 Å². The Bertz CT molecular complexity index is 314. The van der Waals surface area contributed by atoms with Gasteiger partial charge in [-0.1, -0.05) is 0 Å². The van der Waals surface area contributed by atoms with Crippen molar-refractivity contribution in [1.82, 2.24) is 10.2 Å². The van der Waals surface area contributed by atoms with E-state index < -0.39 is 11.9 Å². The summed E-state index contributed by atoms with van der Waals surface area (Å²) < 4.78 is 0. The van der Waals surface area contributed by atoms with Gasteiger partial charge in [0.15, 0.2) is 0 Å². The molecule has 1 saturated heterocycles. The van der Waals surface area contributed by atoms with E-state index in [0.29, 0.717) is 6.54 Å². The van der Waals surface area contributed by atoms with Crippen molar-refractivity contribution in [2.75, 3.05) is 13.1 Å². The van der Waals surface area contributed by atoms with Gasteiger partial charge in [-0.2, -0.15) is 0 Å². The van der Waals surface area contributed by atoms with Crippen LogP contribution in [0.5, 0.6) is 0 Å². The fourth-order valence-electron chi connectivity index (χ4n) is 1.67. The summed E-state index contributed by atoms with van der Waals surface area (Å²) in [4.78, 5) is 34.8. The van der Waals surface area contributed by atoms with Gasteiger partial charge >= 0.3 is 5.97 Å². The molecule has 2 N–H and O–H groups in total. The number of carbonyl (C=O) groups excluding carboxylic acids is 2. The lowest BCUT2D eigenvalue weighted by Crippen LogP contribution is -2.44. The molecule has 90 valence electrons. The Morgan fingerprint density at radius 2 is 2.19 bits per heavy atom. The van der Waals surface area contributed by atoms with E-state index in [1.807, 2.05) is 0 Å². The third kappa shape index (κ3) is 2.95. The Balaban J connectivity index is 2.67. The Hall–Kier alpha value is -1.59. The number of carbonyl (C=O) groups is 3. The highest BCUT2D eigenvalue weighted by molar-refractivity contribution is 5.90. The third-order valence-electron chi connectivity index (χ3n) is 2.54. The number of amides is 2. The van der Waals surface area contributed by atoms with Gasteiger partial charge < -0.3 is 15.3 Å². The van der Waals surface area contributed by atoms with Gasteiger partial charge in [0.25, 0.3) is 0 Å². The molecule has 6 nitrogen and oxygen atoms in total. The van der Waals surface area contributed by atoms with Crippen molar-refractivity contribution in [2.45, 2.75) is 26.3 Å². The second-order valence-electron chi connectivity index (χ2n) is 4.16. The molecule has 6 heteroatoms. The van der Waals surface area contributed by atoms with Crippen LogP contribution in [0.2, 0.25) is 0 Å². The number of aliphatic carboxylic acids is 1. The topological polar surface area (TPSA) is 86.7 Å². The molecular weight excluding hydrogens is 212 g/mol. The normalized spacial score (nSPS) is 19.7. The van der Waals surface area contributed by atoms with Crippen molar-refractivity contribution in [3.05, 3.63) is 0 Å². The molecule has 1 fully saturated rings. The summed E-state index contributed by atoms with van der Waals surface area (Å²) in [7, 11) is 0. The molecule has 1 aliphatic rings. The standard InChI is InChI=1S/C10H16N2O4/c1-6(2)12(5-9(14)15)10(16)7-3-8(13)11-4-7/h6-7H,3-5H2,1-2H3,(H,11,13)(H,14,15). The summed E-state index contributed by atoms with van der Waals surface area (Å²) in [5.41, 5.74) is 0.